The SMILES string of the molecule is C=NC(=O)Nc1cc(-c2c(Cl)cccc2OC(C)C)ccc1C. The second-order valence-electron chi connectivity index (χ2n) is 5.40. The molecule has 2 amide bonds. The summed E-state index contributed by atoms with van der Waals surface area (Å²) < 4.78 is 5.85. The fourth-order valence-corrected chi connectivity index (χ4v) is 2.48. The van der Waals surface area contributed by atoms with Crippen LogP contribution in [0.4, 0.5) is 10.5 Å². The molecule has 2 aromatic rings. The highest BCUT2D eigenvalue weighted by Crippen LogP contribution is 2.38. The number of halogens is 1. The van der Waals surface area contributed by atoms with Crippen molar-refractivity contribution in [3.63, 3.8) is 0 Å². The number of urea groups is 1. The minimum Gasteiger partial charge on any atom is -0.490 e. The molecule has 0 saturated carbocycles. The van der Waals surface area contributed by atoms with E-state index < -0.39 is 6.03 Å². The lowest BCUT2D eigenvalue weighted by molar-refractivity contribution is 0.243. The van der Waals surface area contributed by atoms with Crippen molar-refractivity contribution in [3.8, 4) is 16.9 Å². The Bertz CT molecular complexity index is 742. The van der Waals surface area contributed by atoms with Gasteiger partial charge in [-0.2, -0.15) is 0 Å². The van der Waals surface area contributed by atoms with E-state index >= 15 is 0 Å². The Morgan fingerprint density at radius 3 is 2.70 bits per heavy atom. The molecule has 2 aromatic carbocycles. The summed E-state index contributed by atoms with van der Waals surface area (Å²) in [5, 5.41) is 3.29. The molecule has 2 rings (SSSR count). The molecule has 0 fully saturated rings. The highest BCUT2D eigenvalue weighted by molar-refractivity contribution is 6.33. The second kappa shape index (κ2) is 7.29. The number of anilines is 1. The highest BCUT2D eigenvalue weighted by Gasteiger charge is 2.14. The number of ether oxygens (including phenoxy) is 1. The van der Waals surface area contributed by atoms with Crippen molar-refractivity contribution in [2.45, 2.75) is 26.9 Å². The first-order valence-corrected chi connectivity index (χ1v) is 7.64. The molecule has 0 bridgehead atoms. The highest BCUT2D eigenvalue weighted by atomic mass is 35.5. The van der Waals surface area contributed by atoms with E-state index in [1.807, 2.05) is 57.2 Å². The standard InChI is InChI=1S/C18H19ClN2O2/c1-11(2)23-16-7-5-6-14(19)17(16)13-9-8-12(3)15(10-13)21-18(22)20-4/h5-11H,4H2,1-3H3,(H,21,22). The first-order valence-electron chi connectivity index (χ1n) is 7.26. The van der Waals surface area contributed by atoms with Gasteiger partial charge in [0.05, 0.1) is 11.1 Å². The monoisotopic (exact) mass is 330 g/mol. The Balaban J connectivity index is 2.52. The average molecular weight is 331 g/mol. The van der Waals surface area contributed by atoms with Gasteiger partial charge in [0.15, 0.2) is 0 Å². The summed E-state index contributed by atoms with van der Waals surface area (Å²) in [6.45, 7) is 9.05. The summed E-state index contributed by atoms with van der Waals surface area (Å²) >= 11 is 6.38. The molecule has 0 unspecified atom stereocenters. The third kappa shape index (κ3) is 4.11. The molecule has 0 saturated heterocycles. The van der Waals surface area contributed by atoms with E-state index in [0.717, 1.165) is 16.7 Å². The summed E-state index contributed by atoms with van der Waals surface area (Å²) in [6.07, 6.45) is 0.0294. The smallest absolute Gasteiger partial charge is 0.344 e. The molecule has 0 aliphatic carbocycles. The lowest BCUT2D eigenvalue weighted by Gasteiger charge is -2.17. The van der Waals surface area contributed by atoms with Gasteiger partial charge >= 0.3 is 6.03 Å². The fraction of sp³-hybridized carbons (Fsp3) is 0.222. The van der Waals surface area contributed by atoms with Crippen LogP contribution in [0.1, 0.15) is 19.4 Å². The Morgan fingerprint density at radius 2 is 2.04 bits per heavy atom. The minimum absolute atomic E-state index is 0.0294. The molecule has 4 nitrogen and oxygen atoms in total. The van der Waals surface area contributed by atoms with Crippen LogP contribution in [-0.4, -0.2) is 18.9 Å². The molecule has 0 radical (unpaired) electrons. The first kappa shape index (κ1) is 17.0. The van der Waals surface area contributed by atoms with Gasteiger partial charge in [0, 0.05) is 11.3 Å². The van der Waals surface area contributed by atoms with Gasteiger partial charge in [0.25, 0.3) is 0 Å². The van der Waals surface area contributed by atoms with Crippen LogP contribution in [0.2, 0.25) is 5.02 Å². The number of hydrogen-bond donors (Lipinski definition) is 1. The van der Waals surface area contributed by atoms with Crippen LogP contribution < -0.4 is 10.1 Å². The van der Waals surface area contributed by atoms with Gasteiger partial charge in [-0.25, -0.2) is 9.79 Å². The Hall–Kier alpha value is -2.33. The van der Waals surface area contributed by atoms with Crippen LogP contribution in [0, 0.1) is 6.92 Å². The van der Waals surface area contributed by atoms with Crippen LogP contribution in [0.3, 0.4) is 0 Å². The molecule has 120 valence electrons. The van der Waals surface area contributed by atoms with Crippen LogP contribution in [0.15, 0.2) is 41.4 Å². The summed E-state index contributed by atoms with van der Waals surface area (Å²) in [5.41, 5.74) is 3.24. The summed E-state index contributed by atoms with van der Waals surface area (Å²) in [7, 11) is 0. The van der Waals surface area contributed by atoms with Gasteiger partial charge in [-0.1, -0.05) is 29.8 Å². The summed E-state index contributed by atoms with van der Waals surface area (Å²) in [6, 6.07) is 10.8. The van der Waals surface area contributed by atoms with Crippen molar-refractivity contribution in [1.82, 2.24) is 0 Å². The number of nitrogens with zero attached hydrogens (tertiary/aromatic N) is 1. The largest absolute Gasteiger partial charge is 0.490 e. The quantitative estimate of drug-likeness (QED) is 0.770. The molecule has 0 aromatic heterocycles. The maximum absolute atomic E-state index is 11.5. The van der Waals surface area contributed by atoms with Crippen LogP contribution in [0.5, 0.6) is 5.75 Å². The topological polar surface area (TPSA) is 50.7 Å². The predicted molar refractivity (Wildman–Crippen MR) is 96.0 cm³/mol. The molecule has 0 aliphatic heterocycles. The molecule has 0 spiro atoms. The minimum atomic E-state index is -0.497. The molecule has 5 heteroatoms. The van der Waals surface area contributed by atoms with Gasteiger partial charge in [-0.3, -0.25) is 0 Å². The van der Waals surface area contributed by atoms with E-state index in [2.05, 4.69) is 17.0 Å². The molecule has 0 atom stereocenters. The Kier molecular flexibility index (Phi) is 5.40. The van der Waals surface area contributed by atoms with E-state index in [0.29, 0.717) is 16.5 Å². The molecular weight excluding hydrogens is 312 g/mol. The molecule has 0 aliphatic rings. The van der Waals surface area contributed by atoms with Gasteiger partial charge in [0.1, 0.15) is 5.75 Å². The lowest BCUT2D eigenvalue weighted by Crippen LogP contribution is -2.08. The van der Waals surface area contributed by atoms with Crippen molar-refractivity contribution >= 4 is 30.0 Å². The van der Waals surface area contributed by atoms with E-state index in [-0.39, 0.29) is 6.10 Å². The van der Waals surface area contributed by atoms with Crippen molar-refractivity contribution in [3.05, 3.63) is 47.0 Å². The van der Waals surface area contributed by atoms with Gasteiger partial charge in [0.2, 0.25) is 0 Å². The molecule has 1 N–H and O–H groups in total. The van der Waals surface area contributed by atoms with Crippen LogP contribution in [0.25, 0.3) is 11.1 Å². The second-order valence-corrected chi connectivity index (χ2v) is 5.80. The average Bonchev–Trinajstić information content (AvgIpc) is 2.49. The van der Waals surface area contributed by atoms with Crippen molar-refractivity contribution in [1.29, 1.82) is 0 Å². The third-order valence-corrected chi connectivity index (χ3v) is 3.56. The number of aryl methyl sites for hydroxylation is 1. The zero-order chi connectivity index (χ0) is 17.0. The van der Waals surface area contributed by atoms with Crippen LogP contribution in [-0.2, 0) is 0 Å². The number of hydrogen-bond acceptors (Lipinski definition) is 2. The molecule has 23 heavy (non-hydrogen) atoms. The van der Waals surface area contributed by atoms with Crippen molar-refractivity contribution in [2.75, 3.05) is 5.32 Å². The lowest BCUT2D eigenvalue weighted by atomic mass is 10.0. The summed E-state index contributed by atoms with van der Waals surface area (Å²) in [5.74, 6) is 0.704. The molecular formula is C18H19ClN2O2. The van der Waals surface area contributed by atoms with Gasteiger partial charge < -0.3 is 10.1 Å². The number of carbonyl (C=O) groups is 1. The van der Waals surface area contributed by atoms with Crippen molar-refractivity contribution < 1.29 is 9.53 Å². The third-order valence-electron chi connectivity index (χ3n) is 3.25. The van der Waals surface area contributed by atoms with E-state index in [1.165, 1.54) is 0 Å². The van der Waals surface area contributed by atoms with Gasteiger partial charge in [-0.05, 0) is 56.8 Å². The number of benzene rings is 2. The van der Waals surface area contributed by atoms with E-state index in [9.17, 15) is 4.79 Å². The number of nitrogens with one attached hydrogen (secondary N) is 1. The Morgan fingerprint density at radius 1 is 1.30 bits per heavy atom. The first-order chi connectivity index (χ1) is 10.9. The van der Waals surface area contributed by atoms with Crippen molar-refractivity contribution in [2.24, 2.45) is 4.99 Å². The maximum atomic E-state index is 11.5. The van der Waals surface area contributed by atoms with Gasteiger partial charge in [-0.15, -0.1) is 0 Å². The number of amides is 2. The maximum Gasteiger partial charge on any atom is 0.344 e. The molecule has 0 heterocycles. The summed E-state index contributed by atoms with van der Waals surface area (Å²) in [4.78, 5) is 14.8. The fourth-order valence-electron chi connectivity index (χ4n) is 2.20. The zero-order valence-corrected chi connectivity index (χ0v) is 14.1. The van der Waals surface area contributed by atoms with E-state index in [4.69, 9.17) is 16.3 Å². The zero-order valence-electron chi connectivity index (χ0n) is 13.4. The normalized spacial score (nSPS) is 10.5. The predicted octanol–water partition coefficient (Wildman–Crippen LogP) is 5.34. The number of carbonyl (C=O) groups excluding carboxylic acids is 1. The number of rotatable bonds is 4. The van der Waals surface area contributed by atoms with E-state index in [1.54, 1.807) is 0 Å². The van der Waals surface area contributed by atoms with Crippen LogP contribution >= 0.6 is 11.6 Å². The Labute approximate surface area is 141 Å². The number of aliphatic imine (C=N–C) groups is 1.